The Hall–Kier alpha value is -2.50. The molecule has 0 aliphatic rings. The van der Waals surface area contributed by atoms with Gasteiger partial charge in [0, 0.05) is 11.4 Å². The van der Waals surface area contributed by atoms with Crippen LogP contribution in [0.4, 0.5) is 0 Å². The Kier molecular flexibility index (Phi) is 5.73. The smallest absolute Gasteiger partial charge is 0.337 e. The number of carboxylic acids is 1. The summed E-state index contributed by atoms with van der Waals surface area (Å²) in [6, 6.07) is 1.38. The van der Waals surface area contributed by atoms with E-state index in [1.165, 1.54) is 39.3 Å². The number of aromatic carboxylic acids is 1. The topological polar surface area (TPSA) is 139 Å². The van der Waals surface area contributed by atoms with Crippen molar-refractivity contribution < 1.29 is 20.1 Å². The third-order valence-electron chi connectivity index (χ3n) is 4.08. The Morgan fingerprint density at radius 2 is 2.19 bits per heavy atom. The molecule has 0 radical (unpaired) electrons. The van der Waals surface area contributed by atoms with E-state index in [1.807, 2.05) is 6.92 Å². The van der Waals surface area contributed by atoms with Crippen molar-refractivity contribution in [3.8, 4) is 5.69 Å². The molecule has 0 fully saturated rings. The zero-order valence-electron chi connectivity index (χ0n) is 14.8. The summed E-state index contributed by atoms with van der Waals surface area (Å²) in [5.41, 5.74) is 0.245. The van der Waals surface area contributed by atoms with Crippen LogP contribution in [0.25, 0.3) is 11.3 Å². The predicted octanol–water partition coefficient (Wildman–Crippen LogP) is 1.41. The van der Waals surface area contributed by atoms with E-state index in [0.717, 1.165) is 12.8 Å². The number of tetrazole rings is 1. The molecule has 0 saturated heterocycles. The molecule has 0 aliphatic carbocycles. The van der Waals surface area contributed by atoms with Crippen molar-refractivity contribution in [1.29, 1.82) is 0 Å². The highest BCUT2D eigenvalue weighted by Crippen LogP contribution is 2.33. The average molecular weight is 392 g/mol. The van der Waals surface area contributed by atoms with Crippen LogP contribution in [0, 0.1) is 0 Å². The predicted molar refractivity (Wildman–Crippen MR) is 97.7 cm³/mol. The molecular formula is C16H20N6O4S. The van der Waals surface area contributed by atoms with Gasteiger partial charge >= 0.3 is 5.97 Å². The van der Waals surface area contributed by atoms with E-state index >= 15 is 0 Å². The second kappa shape index (κ2) is 8.03. The molecule has 3 rings (SSSR count). The minimum Gasteiger partial charge on any atom is -0.478 e. The van der Waals surface area contributed by atoms with Gasteiger partial charge in [-0.25, -0.2) is 9.78 Å². The molecule has 2 atom stereocenters. The summed E-state index contributed by atoms with van der Waals surface area (Å²) in [4.78, 5) is 15.9. The molecule has 0 aliphatic heterocycles. The highest BCUT2D eigenvalue weighted by atomic mass is 32.2. The lowest BCUT2D eigenvalue weighted by Crippen LogP contribution is -2.10. The summed E-state index contributed by atoms with van der Waals surface area (Å²) in [7, 11) is 0. The number of hydrogen-bond donors (Lipinski definition) is 3. The number of carbonyl (C=O) groups is 1. The van der Waals surface area contributed by atoms with Crippen LogP contribution in [0.15, 0.2) is 18.5 Å². The maximum atomic E-state index is 11.6. The first kappa shape index (κ1) is 19.3. The lowest BCUT2D eigenvalue weighted by atomic mass is 10.2. The van der Waals surface area contributed by atoms with Crippen molar-refractivity contribution in [3.63, 3.8) is 0 Å². The van der Waals surface area contributed by atoms with Gasteiger partial charge in [0.05, 0.1) is 17.5 Å². The number of rotatable bonds is 8. The quantitative estimate of drug-likeness (QED) is 0.486. The van der Waals surface area contributed by atoms with Gasteiger partial charge in [0.2, 0.25) is 0 Å². The highest BCUT2D eigenvalue weighted by Gasteiger charge is 2.22. The summed E-state index contributed by atoms with van der Waals surface area (Å²) in [5, 5.41) is 40.8. The van der Waals surface area contributed by atoms with Crippen LogP contribution < -0.4 is 0 Å². The summed E-state index contributed by atoms with van der Waals surface area (Å²) >= 11 is 1.38. The number of aliphatic hydroxyl groups is 2. The second-order valence-electron chi connectivity index (χ2n) is 6.05. The average Bonchev–Trinajstić information content (AvgIpc) is 3.27. The molecule has 0 saturated carbocycles. The zero-order chi connectivity index (χ0) is 19.6. The lowest BCUT2D eigenvalue weighted by molar-refractivity contribution is 0.0696. The van der Waals surface area contributed by atoms with Crippen molar-refractivity contribution >= 4 is 23.4 Å². The van der Waals surface area contributed by atoms with Crippen LogP contribution in [-0.4, -0.2) is 56.1 Å². The van der Waals surface area contributed by atoms with E-state index in [1.54, 1.807) is 0 Å². The van der Waals surface area contributed by atoms with Crippen molar-refractivity contribution in [2.24, 2.45) is 0 Å². The number of pyridine rings is 1. The number of carboxylic acid groups (broad SMARTS) is 1. The number of thioether (sulfide) groups is 1. The number of aromatic nitrogens is 6. The van der Waals surface area contributed by atoms with E-state index in [4.69, 9.17) is 0 Å². The summed E-state index contributed by atoms with van der Waals surface area (Å²) in [5.74, 6) is -0.992. The maximum Gasteiger partial charge on any atom is 0.337 e. The number of imidazole rings is 1. The van der Waals surface area contributed by atoms with Crippen LogP contribution in [0.3, 0.4) is 0 Å². The van der Waals surface area contributed by atoms with Crippen molar-refractivity contribution in [3.05, 3.63) is 35.5 Å². The van der Waals surface area contributed by atoms with Gasteiger partial charge in [0.25, 0.3) is 0 Å². The number of hydrogen-bond acceptors (Lipinski definition) is 8. The van der Waals surface area contributed by atoms with E-state index in [9.17, 15) is 20.1 Å². The third-order valence-corrected chi connectivity index (χ3v) is 5.27. The highest BCUT2D eigenvalue weighted by molar-refractivity contribution is 7.99. The Labute approximate surface area is 158 Å². The van der Waals surface area contributed by atoms with Gasteiger partial charge in [-0.3, -0.25) is 4.40 Å². The first-order valence-corrected chi connectivity index (χ1v) is 9.36. The van der Waals surface area contributed by atoms with E-state index < -0.39 is 18.0 Å². The fourth-order valence-corrected chi connectivity index (χ4v) is 3.92. The fraction of sp³-hybridized carbons (Fsp3) is 0.438. The molecule has 0 bridgehead atoms. The monoisotopic (exact) mass is 392 g/mol. The van der Waals surface area contributed by atoms with Crippen LogP contribution in [0.1, 0.15) is 54.0 Å². The van der Waals surface area contributed by atoms with E-state index in [2.05, 4.69) is 27.4 Å². The molecule has 2 unspecified atom stereocenters. The van der Waals surface area contributed by atoms with Gasteiger partial charge in [0.15, 0.2) is 11.5 Å². The van der Waals surface area contributed by atoms with Gasteiger partial charge in [0.1, 0.15) is 17.7 Å². The molecule has 144 valence electrons. The molecule has 3 N–H and O–H groups in total. The van der Waals surface area contributed by atoms with Gasteiger partial charge < -0.3 is 15.3 Å². The molecule has 11 heteroatoms. The van der Waals surface area contributed by atoms with Crippen molar-refractivity contribution in [1.82, 2.24) is 29.6 Å². The molecule has 3 aromatic rings. The number of fused-ring (bicyclic) bond motifs is 1. The molecule has 3 heterocycles. The Balaban J connectivity index is 2.13. The fourth-order valence-electron chi connectivity index (χ4n) is 2.80. The number of aliphatic hydroxyl groups excluding tert-OH is 2. The molecule has 0 amide bonds. The van der Waals surface area contributed by atoms with Crippen LogP contribution in [-0.2, 0) is 6.61 Å². The van der Waals surface area contributed by atoms with Gasteiger partial charge in [-0.2, -0.15) is 4.68 Å². The third kappa shape index (κ3) is 3.80. The largest absolute Gasteiger partial charge is 0.478 e. The van der Waals surface area contributed by atoms with Crippen LogP contribution in [0.5, 0.6) is 0 Å². The van der Waals surface area contributed by atoms with Crippen molar-refractivity contribution in [2.45, 2.75) is 44.0 Å². The summed E-state index contributed by atoms with van der Waals surface area (Å²) < 4.78 is 2.76. The SMILES string of the molecule is CCCC(C)SC(O)c1cnc2c(-n3nnnc3CO)cc(C(=O)O)cn12. The summed E-state index contributed by atoms with van der Waals surface area (Å²) in [6.07, 6.45) is 4.86. The zero-order valence-corrected chi connectivity index (χ0v) is 15.7. The Morgan fingerprint density at radius 1 is 1.41 bits per heavy atom. The van der Waals surface area contributed by atoms with Gasteiger partial charge in [-0.05, 0) is 22.9 Å². The molecule has 0 spiro atoms. The standard InChI is InChI=1S/C16H20N6O4S/c1-3-4-9(2)27-16(26)12-6-17-14-11(22-13(8-23)18-19-20-22)5-10(15(24)25)7-21(12)14/h5-7,9,16,23,26H,3-4,8H2,1-2H3,(H,24,25). The van der Waals surface area contributed by atoms with Gasteiger partial charge in [-0.1, -0.05) is 20.3 Å². The molecular weight excluding hydrogens is 372 g/mol. The molecule has 10 nitrogen and oxygen atoms in total. The maximum absolute atomic E-state index is 11.6. The first-order valence-electron chi connectivity index (χ1n) is 8.42. The first-order chi connectivity index (χ1) is 13.0. The van der Waals surface area contributed by atoms with Crippen LogP contribution >= 0.6 is 11.8 Å². The summed E-state index contributed by atoms with van der Waals surface area (Å²) in [6.45, 7) is 3.69. The van der Waals surface area contributed by atoms with E-state index in [-0.39, 0.29) is 16.6 Å². The minimum absolute atomic E-state index is 0.0186. The van der Waals surface area contributed by atoms with E-state index in [0.29, 0.717) is 17.0 Å². The molecule has 0 aromatic carbocycles. The number of nitrogens with zero attached hydrogens (tertiary/aromatic N) is 6. The lowest BCUT2D eigenvalue weighted by Gasteiger charge is -2.16. The molecule has 3 aromatic heterocycles. The van der Waals surface area contributed by atoms with Crippen LogP contribution in [0.2, 0.25) is 0 Å². The van der Waals surface area contributed by atoms with Gasteiger partial charge in [-0.15, -0.1) is 16.9 Å². The van der Waals surface area contributed by atoms with Crippen molar-refractivity contribution in [2.75, 3.05) is 0 Å². The normalized spacial score (nSPS) is 13.8. The second-order valence-corrected chi connectivity index (χ2v) is 7.57. The Bertz CT molecular complexity index is 956. The Morgan fingerprint density at radius 3 is 2.85 bits per heavy atom. The minimum atomic E-state index is -1.14. The molecule has 27 heavy (non-hydrogen) atoms.